The Morgan fingerprint density at radius 1 is 1.11 bits per heavy atom. The molecule has 0 aliphatic rings. The van der Waals surface area contributed by atoms with Crippen LogP contribution in [0.1, 0.15) is 64.5 Å². The number of hydrogen-bond donors (Lipinski definition) is 1. The van der Waals surface area contributed by atoms with E-state index in [2.05, 4.69) is 71.2 Å². The molecule has 0 heterocycles. The van der Waals surface area contributed by atoms with Crippen molar-refractivity contribution in [1.82, 2.24) is 5.32 Å². The van der Waals surface area contributed by atoms with Gasteiger partial charge in [-0.2, -0.15) is 0 Å². The van der Waals surface area contributed by atoms with Crippen molar-refractivity contribution >= 4 is 0 Å². The molecule has 1 aromatic rings. The van der Waals surface area contributed by atoms with Gasteiger partial charge in [0.25, 0.3) is 0 Å². The second-order valence-corrected chi connectivity index (χ2v) is 6.34. The van der Waals surface area contributed by atoms with Gasteiger partial charge in [-0.05, 0) is 35.9 Å². The van der Waals surface area contributed by atoms with Crippen molar-refractivity contribution in [3.05, 3.63) is 35.4 Å². The van der Waals surface area contributed by atoms with Gasteiger partial charge in [-0.25, -0.2) is 0 Å². The van der Waals surface area contributed by atoms with Crippen LogP contribution in [0.25, 0.3) is 0 Å². The number of benzene rings is 1. The molecule has 2 atom stereocenters. The van der Waals surface area contributed by atoms with E-state index >= 15 is 0 Å². The molecular formula is C17H29N. The van der Waals surface area contributed by atoms with Crippen LogP contribution in [0.2, 0.25) is 0 Å². The topological polar surface area (TPSA) is 12.0 Å². The van der Waals surface area contributed by atoms with Crippen molar-refractivity contribution in [2.45, 2.75) is 64.8 Å². The molecule has 1 rings (SSSR count). The van der Waals surface area contributed by atoms with Crippen molar-refractivity contribution in [2.24, 2.45) is 0 Å². The lowest BCUT2D eigenvalue weighted by Gasteiger charge is -2.25. The lowest BCUT2D eigenvalue weighted by Crippen LogP contribution is -2.30. The largest absolute Gasteiger partial charge is 0.316 e. The van der Waals surface area contributed by atoms with Crippen LogP contribution in [0.4, 0.5) is 0 Å². The zero-order valence-electron chi connectivity index (χ0n) is 12.9. The van der Waals surface area contributed by atoms with Crippen molar-refractivity contribution in [3.8, 4) is 0 Å². The van der Waals surface area contributed by atoms with Crippen molar-refractivity contribution in [1.29, 1.82) is 0 Å². The maximum atomic E-state index is 3.45. The monoisotopic (exact) mass is 247 g/mol. The Morgan fingerprint density at radius 3 is 2.06 bits per heavy atom. The predicted octanol–water partition coefficient (Wildman–Crippen LogP) is 4.48. The number of hydrogen-bond acceptors (Lipinski definition) is 1. The first-order valence-electron chi connectivity index (χ1n) is 7.17. The van der Waals surface area contributed by atoms with Gasteiger partial charge in [0.15, 0.2) is 0 Å². The Hall–Kier alpha value is -0.820. The lowest BCUT2D eigenvalue weighted by atomic mass is 9.84. The Bertz CT molecular complexity index is 345. The molecule has 0 spiro atoms. The molecule has 1 aromatic carbocycles. The summed E-state index contributed by atoms with van der Waals surface area (Å²) in [7, 11) is 2.07. The normalized spacial score (nSPS) is 15.4. The summed E-state index contributed by atoms with van der Waals surface area (Å²) in [5, 5.41) is 3.45. The Labute approximate surface area is 113 Å². The molecular weight excluding hydrogens is 218 g/mol. The summed E-state index contributed by atoms with van der Waals surface area (Å²) < 4.78 is 0. The molecule has 0 saturated carbocycles. The van der Waals surface area contributed by atoms with Crippen LogP contribution in [0.5, 0.6) is 0 Å². The summed E-state index contributed by atoms with van der Waals surface area (Å²) in [5.41, 5.74) is 3.10. The van der Waals surface area contributed by atoms with Crippen molar-refractivity contribution in [3.63, 3.8) is 0 Å². The van der Waals surface area contributed by atoms with Gasteiger partial charge in [0.2, 0.25) is 0 Å². The molecule has 102 valence electrons. The number of likely N-dealkylation sites (N-methyl/N-ethyl adjacent to an activating group) is 1. The third-order valence-electron chi connectivity index (χ3n) is 3.88. The minimum Gasteiger partial charge on any atom is -0.316 e. The molecule has 0 fully saturated rings. The number of nitrogens with one attached hydrogen (secondary N) is 1. The number of rotatable bonds is 5. The first-order chi connectivity index (χ1) is 8.40. The highest BCUT2D eigenvalue weighted by molar-refractivity contribution is 5.30. The van der Waals surface area contributed by atoms with E-state index in [4.69, 9.17) is 0 Å². The van der Waals surface area contributed by atoms with Gasteiger partial charge in [-0.15, -0.1) is 0 Å². The highest BCUT2D eigenvalue weighted by Gasteiger charge is 2.18. The summed E-state index contributed by atoms with van der Waals surface area (Å²) in [4.78, 5) is 0. The molecule has 0 saturated heterocycles. The fourth-order valence-electron chi connectivity index (χ4n) is 2.47. The van der Waals surface area contributed by atoms with Gasteiger partial charge in [0.1, 0.15) is 0 Å². The molecule has 1 heteroatoms. The summed E-state index contributed by atoms with van der Waals surface area (Å²) in [6, 6.07) is 9.74. The molecule has 0 amide bonds. The maximum absolute atomic E-state index is 3.45. The Balaban J connectivity index is 2.84. The van der Waals surface area contributed by atoms with E-state index in [1.54, 1.807) is 0 Å². The minimum atomic E-state index is 0.244. The quantitative estimate of drug-likeness (QED) is 0.809. The first-order valence-corrected chi connectivity index (χ1v) is 7.17. The molecule has 0 aliphatic carbocycles. The van der Waals surface area contributed by atoms with Gasteiger partial charge >= 0.3 is 0 Å². The van der Waals surface area contributed by atoms with Crippen LogP contribution in [0.3, 0.4) is 0 Å². The van der Waals surface area contributed by atoms with Crippen LogP contribution in [0, 0.1) is 0 Å². The van der Waals surface area contributed by atoms with Gasteiger partial charge < -0.3 is 5.32 Å². The Morgan fingerprint density at radius 2 is 1.67 bits per heavy atom. The second kappa shape index (κ2) is 6.38. The summed E-state index contributed by atoms with van der Waals surface area (Å²) in [6.07, 6.45) is 2.47. The predicted molar refractivity (Wildman–Crippen MR) is 81.3 cm³/mol. The highest BCUT2D eigenvalue weighted by atomic mass is 14.9. The fourth-order valence-corrected chi connectivity index (χ4v) is 2.47. The molecule has 18 heavy (non-hydrogen) atoms. The van der Waals surface area contributed by atoms with E-state index in [0.717, 1.165) is 0 Å². The average Bonchev–Trinajstić information content (AvgIpc) is 2.34. The molecule has 0 aromatic heterocycles. The Kier molecular flexibility index (Phi) is 5.40. The summed E-state index contributed by atoms with van der Waals surface area (Å²) in [5.74, 6) is 0.573. The zero-order chi connectivity index (χ0) is 13.8. The summed E-state index contributed by atoms with van der Waals surface area (Å²) in [6.45, 7) is 11.4. The van der Waals surface area contributed by atoms with Crippen LogP contribution in [-0.2, 0) is 5.41 Å². The third-order valence-corrected chi connectivity index (χ3v) is 3.88. The van der Waals surface area contributed by atoms with E-state index in [1.807, 2.05) is 0 Å². The maximum Gasteiger partial charge on any atom is 0.0130 e. The van der Waals surface area contributed by atoms with Gasteiger partial charge in [-0.3, -0.25) is 0 Å². The van der Waals surface area contributed by atoms with Crippen LogP contribution < -0.4 is 5.32 Å². The lowest BCUT2D eigenvalue weighted by molar-refractivity contribution is 0.451. The zero-order valence-corrected chi connectivity index (χ0v) is 12.9. The van der Waals surface area contributed by atoms with Gasteiger partial charge in [0.05, 0.1) is 0 Å². The smallest absolute Gasteiger partial charge is 0.0130 e. The van der Waals surface area contributed by atoms with E-state index < -0.39 is 0 Å². The average molecular weight is 247 g/mol. The van der Waals surface area contributed by atoms with E-state index in [0.29, 0.717) is 12.0 Å². The SMILES string of the molecule is CCCC(NC)C(C)c1ccc(C(C)(C)C)cc1. The fraction of sp³-hybridized carbons (Fsp3) is 0.647. The first kappa shape index (κ1) is 15.2. The minimum absolute atomic E-state index is 0.244. The van der Waals surface area contributed by atoms with Gasteiger partial charge in [0, 0.05) is 6.04 Å². The van der Waals surface area contributed by atoms with Gasteiger partial charge in [-0.1, -0.05) is 65.3 Å². The molecule has 0 aliphatic heterocycles. The van der Waals surface area contributed by atoms with E-state index in [9.17, 15) is 0 Å². The van der Waals surface area contributed by atoms with Crippen LogP contribution >= 0.6 is 0 Å². The standard InChI is InChI=1S/C17H29N/c1-7-8-16(18-6)13(2)14-9-11-15(12-10-14)17(3,4)5/h9-13,16,18H,7-8H2,1-6H3. The third kappa shape index (κ3) is 3.84. The second-order valence-electron chi connectivity index (χ2n) is 6.34. The van der Waals surface area contributed by atoms with E-state index in [-0.39, 0.29) is 5.41 Å². The highest BCUT2D eigenvalue weighted by Crippen LogP contribution is 2.26. The summed E-state index contributed by atoms with van der Waals surface area (Å²) >= 11 is 0. The molecule has 2 unspecified atom stereocenters. The molecule has 1 nitrogen and oxygen atoms in total. The molecule has 0 bridgehead atoms. The van der Waals surface area contributed by atoms with Crippen LogP contribution in [-0.4, -0.2) is 13.1 Å². The van der Waals surface area contributed by atoms with E-state index in [1.165, 1.54) is 24.0 Å². The van der Waals surface area contributed by atoms with Crippen molar-refractivity contribution < 1.29 is 0 Å². The van der Waals surface area contributed by atoms with Crippen molar-refractivity contribution in [2.75, 3.05) is 7.05 Å². The molecule has 0 radical (unpaired) electrons. The van der Waals surface area contributed by atoms with Crippen LogP contribution in [0.15, 0.2) is 24.3 Å². The molecule has 1 N–H and O–H groups in total.